The molecule has 37 heavy (non-hydrogen) atoms. The SMILES string of the molecule is CC[C@@H](C)Oc1cc2c(cc1OC)CC(=O)N(c1ccc(N(C)CC(C)C)cc1)C2c1ccc(Cl)cc1. The van der Waals surface area contributed by atoms with Crippen molar-refractivity contribution in [1.82, 2.24) is 0 Å². The summed E-state index contributed by atoms with van der Waals surface area (Å²) < 4.78 is 11.9. The van der Waals surface area contributed by atoms with Gasteiger partial charge in [-0.3, -0.25) is 4.79 Å². The van der Waals surface area contributed by atoms with Crippen LogP contribution in [-0.2, 0) is 11.2 Å². The summed E-state index contributed by atoms with van der Waals surface area (Å²) in [5.41, 5.74) is 4.95. The van der Waals surface area contributed by atoms with Gasteiger partial charge in [0, 0.05) is 30.0 Å². The minimum Gasteiger partial charge on any atom is -0.493 e. The Balaban J connectivity index is 1.82. The molecule has 0 fully saturated rings. The monoisotopic (exact) mass is 520 g/mol. The van der Waals surface area contributed by atoms with E-state index in [2.05, 4.69) is 44.9 Å². The molecule has 1 amide bonds. The van der Waals surface area contributed by atoms with E-state index in [9.17, 15) is 4.79 Å². The van der Waals surface area contributed by atoms with E-state index >= 15 is 0 Å². The van der Waals surface area contributed by atoms with Crippen LogP contribution in [0.25, 0.3) is 0 Å². The van der Waals surface area contributed by atoms with Crippen molar-refractivity contribution < 1.29 is 14.3 Å². The minimum atomic E-state index is -0.321. The molecule has 4 rings (SSSR count). The Morgan fingerprint density at radius 3 is 2.30 bits per heavy atom. The summed E-state index contributed by atoms with van der Waals surface area (Å²) in [5, 5.41) is 0.658. The first kappa shape index (κ1) is 26.9. The van der Waals surface area contributed by atoms with Crippen LogP contribution in [0.5, 0.6) is 11.5 Å². The van der Waals surface area contributed by atoms with Crippen LogP contribution in [-0.4, -0.2) is 32.7 Å². The van der Waals surface area contributed by atoms with Crippen LogP contribution in [0.2, 0.25) is 5.02 Å². The van der Waals surface area contributed by atoms with Crippen LogP contribution in [0, 0.1) is 5.92 Å². The van der Waals surface area contributed by atoms with Crippen LogP contribution in [0.15, 0.2) is 60.7 Å². The fourth-order valence-electron chi connectivity index (χ4n) is 4.90. The van der Waals surface area contributed by atoms with E-state index in [1.807, 2.05) is 60.4 Å². The van der Waals surface area contributed by atoms with Gasteiger partial charge in [0.1, 0.15) is 0 Å². The van der Waals surface area contributed by atoms with Crippen LogP contribution in [0.4, 0.5) is 11.4 Å². The molecular weight excluding hydrogens is 484 g/mol. The van der Waals surface area contributed by atoms with E-state index in [-0.39, 0.29) is 24.5 Å². The van der Waals surface area contributed by atoms with Crippen LogP contribution < -0.4 is 19.3 Å². The molecule has 3 aromatic carbocycles. The summed E-state index contributed by atoms with van der Waals surface area (Å²) in [7, 11) is 3.73. The highest BCUT2D eigenvalue weighted by molar-refractivity contribution is 6.30. The third kappa shape index (κ3) is 5.88. The molecule has 3 aromatic rings. The number of carbonyl (C=O) groups excluding carboxylic acids is 1. The number of benzene rings is 3. The smallest absolute Gasteiger partial charge is 0.232 e. The van der Waals surface area contributed by atoms with Crippen molar-refractivity contribution in [2.75, 3.05) is 30.5 Å². The highest BCUT2D eigenvalue weighted by atomic mass is 35.5. The van der Waals surface area contributed by atoms with Crippen molar-refractivity contribution in [3.05, 3.63) is 82.4 Å². The lowest BCUT2D eigenvalue weighted by Crippen LogP contribution is -2.41. The zero-order chi connectivity index (χ0) is 26.7. The van der Waals surface area contributed by atoms with Crippen molar-refractivity contribution in [3.8, 4) is 11.5 Å². The molecule has 0 aromatic heterocycles. The van der Waals surface area contributed by atoms with Gasteiger partial charge in [0.25, 0.3) is 0 Å². The molecule has 0 bridgehead atoms. The second-order valence-electron chi connectivity index (χ2n) is 10.2. The van der Waals surface area contributed by atoms with E-state index in [4.69, 9.17) is 21.1 Å². The zero-order valence-electron chi connectivity index (χ0n) is 22.6. The van der Waals surface area contributed by atoms with Crippen molar-refractivity contribution in [2.24, 2.45) is 5.92 Å². The van der Waals surface area contributed by atoms with Gasteiger partial charge >= 0.3 is 0 Å². The molecule has 5 nitrogen and oxygen atoms in total. The summed E-state index contributed by atoms with van der Waals surface area (Å²) in [4.78, 5) is 17.8. The molecule has 0 saturated carbocycles. The largest absolute Gasteiger partial charge is 0.493 e. The molecule has 0 spiro atoms. The average Bonchev–Trinajstić information content (AvgIpc) is 2.88. The zero-order valence-corrected chi connectivity index (χ0v) is 23.4. The van der Waals surface area contributed by atoms with Gasteiger partial charge in [-0.05, 0) is 84.5 Å². The number of fused-ring (bicyclic) bond motifs is 1. The first-order valence-corrected chi connectivity index (χ1v) is 13.4. The van der Waals surface area contributed by atoms with Crippen molar-refractivity contribution in [1.29, 1.82) is 0 Å². The molecule has 1 heterocycles. The number of halogens is 1. The standard InChI is InChI=1S/C31H37ClN2O3/c1-7-21(4)37-29-18-27-23(16-28(29)36-6)17-30(35)34(31(27)22-8-10-24(32)11-9-22)26-14-12-25(13-15-26)33(5)19-20(2)3/h8-16,18,20-21,31H,7,17,19H2,1-6H3/t21-,31?/m1/s1. The number of anilines is 2. The van der Waals surface area contributed by atoms with Gasteiger partial charge in [-0.1, -0.05) is 44.5 Å². The number of carbonyl (C=O) groups is 1. The Morgan fingerprint density at radius 1 is 1.03 bits per heavy atom. The quantitative estimate of drug-likeness (QED) is 0.297. The molecule has 0 aliphatic carbocycles. The predicted octanol–water partition coefficient (Wildman–Crippen LogP) is 7.30. The summed E-state index contributed by atoms with van der Waals surface area (Å²) in [6.45, 7) is 9.51. The normalized spacial score (nSPS) is 15.9. The fourth-order valence-corrected chi connectivity index (χ4v) is 5.02. The number of amides is 1. The summed E-state index contributed by atoms with van der Waals surface area (Å²) in [6, 6.07) is 19.7. The molecule has 0 radical (unpaired) electrons. The summed E-state index contributed by atoms with van der Waals surface area (Å²) >= 11 is 6.23. The molecule has 2 atom stereocenters. The summed E-state index contributed by atoms with van der Waals surface area (Å²) in [6.07, 6.45) is 1.20. The minimum absolute atomic E-state index is 0.0355. The summed E-state index contributed by atoms with van der Waals surface area (Å²) in [5.74, 6) is 1.93. The topological polar surface area (TPSA) is 42.0 Å². The number of nitrogens with zero attached hydrogens (tertiary/aromatic N) is 2. The third-order valence-electron chi connectivity index (χ3n) is 6.89. The van der Waals surface area contributed by atoms with Crippen LogP contribution in [0.3, 0.4) is 0 Å². The average molecular weight is 521 g/mol. The number of hydrogen-bond donors (Lipinski definition) is 0. The first-order chi connectivity index (χ1) is 17.7. The van der Waals surface area contributed by atoms with Crippen molar-refractivity contribution in [2.45, 2.75) is 52.7 Å². The molecule has 1 aliphatic heterocycles. The van der Waals surface area contributed by atoms with E-state index in [0.29, 0.717) is 22.4 Å². The predicted molar refractivity (Wildman–Crippen MR) is 152 cm³/mol. The number of hydrogen-bond acceptors (Lipinski definition) is 4. The Morgan fingerprint density at radius 2 is 1.70 bits per heavy atom. The van der Waals surface area contributed by atoms with Gasteiger partial charge in [-0.2, -0.15) is 0 Å². The van der Waals surface area contributed by atoms with Crippen LogP contribution >= 0.6 is 11.6 Å². The Kier molecular flexibility index (Phi) is 8.33. The van der Waals surface area contributed by atoms with E-state index in [1.54, 1.807) is 7.11 Å². The Labute approximate surface area is 225 Å². The van der Waals surface area contributed by atoms with Gasteiger partial charge in [0.05, 0.1) is 25.7 Å². The number of rotatable bonds is 9. The van der Waals surface area contributed by atoms with E-state index < -0.39 is 0 Å². The van der Waals surface area contributed by atoms with Gasteiger partial charge in [0.15, 0.2) is 11.5 Å². The van der Waals surface area contributed by atoms with Gasteiger partial charge in [-0.25, -0.2) is 0 Å². The molecule has 0 N–H and O–H groups in total. The highest BCUT2D eigenvalue weighted by Gasteiger charge is 2.36. The second kappa shape index (κ2) is 11.5. The van der Waals surface area contributed by atoms with E-state index in [1.165, 1.54) is 0 Å². The second-order valence-corrected chi connectivity index (χ2v) is 10.7. The molecule has 1 aliphatic rings. The lowest BCUT2D eigenvalue weighted by molar-refractivity contribution is -0.118. The van der Waals surface area contributed by atoms with Crippen molar-refractivity contribution >= 4 is 28.9 Å². The lowest BCUT2D eigenvalue weighted by atomic mass is 9.86. The maximum atomic E-state index is 13.7. The van der Waals surface area contributed by atoms with Gasteiger partial charge < -0.3 is 19.3 Å². The van der Waals surface area contributed by atoms with Gasteiger partial charge in [-0.15, -0.1) is 0 Å². The fraction of sp³-hybridized carbons (Fsp3) is 0.387. The third-order valence-corrected chi connectivity index (χ3v) is 7.14. The van der Waals surface area contributed by atoms with Crippen molar-refractivity contribution in [3.63, 3.8) is 0 Å². The number of ether oxygens (including phenoxy) is 2. The molecular formula is C31H37ClN2O3. The molecule has 196 valence electrons. The lowest BCUT2D eigenvalue weighted by Gasteiger charge is -2.38. The maximum absolute atomic E-state index is 13.7. The first-order valence-electron chi connectivity index (χ1n) is 13.0. The molecule has 6 heteroatoms. The maximum Gasteiger partial charge on any atom is 0.232 e. The molecule has 1 unspecified atom stereocenters. The van der Waals surface area contributed by atoms with Crippen LogP contribution in [0.1, 0.15) is 56.8 Å². The highest BCUT2D eigenvalue weighted by Crippen LogP contribution is 2.44. The number of methoxy groups -OCH3 is 1. The van der Waals surface area contributed by atoms with E-state index in [0.717, 1.165) is 41.0 Å². The van der Waals surface area contributed by atoms with Gasteiger partial charge in [0.2, 0.25) is 5.91 Å². The Bertz CT molecular complexity index is 1220. The molecule has 0 saturated heterocycles. The Hall–Kier alpha value is -3.18.